The van der Waals surface area contributed by atoms with Crippen molar-refractivity contribution in [2.24, 2.45) is 5.10 Å². The number of carbonyl (C=O) groups is 1. The van der Waals surface area contributed by atoms with Crippen molar-refractivity contribution in [1.29, 1.82) is 0 Å². The maximum atomic E-state index is 10.7. The summed E-state index contributed by atoms with van der Waals surface area (Å²) in [6.45, 7) is 2.00. The van der Waals surface area contributed by atoms with E-state index in [0.717, 1.165) is 5.56 Å². The molecule has 0 aliphatic rings. The van der Waals surface area contributed by atoms with E-state index < -0.39 is 6.09 Å². The van der Waals surface area contributed by atoms with Gasteiger partial charge in [0.15, 0.2) is 0 Å². The van der Waals surface area contributed by atoms with Gasteiger partial charge in [0, 0.05) is 12.1 Å². The highest BCUT2D eigenvalue weighted by molar-refractivity contribution is 5.71. The van der Waals surface area contributed by atoms with Crippen LogP contribution in [0.3, 0.4) is 0 Å². The molecule has 4 heteroatoms. The molecule has 0 aliphatic heterocycles. The Kier molecular flexibility index (Phi) is 4.34. The molecule has 0 fully saturated rings. The molecule has 0 radical (unpaired) electrons. The number of hydrazone groups is 1. The van der Waals surface area contributed by atoms with Gasteiger partial charge in [0.05, 0.1) is 7.11 Å². The van der Waals surface area contributed by atoms with Crippen LogP contribution in [0.25, 0.3) is 0 Å². The predicted molar refractivity (Wildman–Crippen MR) is 58.9 cm³/mol. The van der Waals surface area contributed by atoms with Crippen LogP contribution in [0.4, 0.5) is 4.79 Å². The standard InChI is InChI=1S/C11H14N2O2/c1-9(8-12-13-11(14)15-2)10-6-4-3-5-7-10/h3-9H,1-2H3,(H,13,14). The fourth-order valence-electron chi connectivity index (χ4n) is 1.09. The van der Waals surface area contributed by atoms with Gasteiger partial charge in [0.1, 0.15) is 0 Å². The Morgan fingerprint density at radius 3 is 2.73 bits per heavy atom. The molecule has 0 aromatic heterocycles. The fourth-order valence-corrected chi connectivity index (χ4v) is 1.09. The van der Waals surface area contributed by atoms with Gasteiger partial charge >= 0.3 is 6.09 Å². The Balaban J connectivity index is 2.49. The Bertz CT molecular complexity index is 336. The second-order valence-electron chi connectivity index (χ2n) is 3.08. The Morgan fingerprint density at radius 1 is 1.47 bits per heavy atom. The van der Waals surface area contributed by atoms with Crippen LogP contribution in [0.2, 0.25) is 0 Å². The molecule has 1 amide bonds. The normalized spacial score (nSPS) is 12.4. The number of rotatable bonds is 3. The van der Waals surface area contributed by atoms with E-state index in [-0.39, 0.29) is 5.92 Å². The van der Waals surface area contributed by atoms with Gasteiger partial charge < -0.3 is 4.74 Å². The van der Waals surface area contributed by atoms with Crippen LogP contribution in [-0.2, 0) is 4.74 Å². The zero-order valence-electron chi connectivity index (χ0n) is 8.81. The van der Waals surface area contributed by atoms with Crippen LogP contribution < -0.4 is 5.43 Å². The lowest BCUT2D eigenvalue weighted by atomic mass is 10.0. The first-order valence-corrected chi connectivity index (χ1v) is 4.66. The van der Waals surface area contributed by atoms with Gasteiger partial charge in [-0.05, 0) is 5.56 Å². The van der Waals surface area contributed by atoms with Crippen LogP contribution in [0.15, 0.2) is 35.4 Å². The fraction of sp³-hybridized carbons (Fsp3) is 0.273. The summed E-state index contributed by atoms with van der Waals surface area (Å²) in [5.74, 6) is 0.156. The number of amides is 1. The first-order valence-electron chi connectivity index (χ1n) is 4.66. The number of benzene rings is 1. The van der Waals surface area contributed by atoms with Gasteiger partial charge in [-0.2, -0.15) is 5.10 Å². The van der Waals surface area contributed by atoms with E-state index in [0.29, 0.717) is 0 Å². The zero-order valence-corrected chi connectivity index (χ0v) is 8.81. The monoisotopic (exact) mass is 206 g/mol. The first-order chi connectivity index (χ1) is 7.24. The first kappa shape index (κ1) is 11.2. The summed E-state index contributed by atoms with van der Waals surface area (Å²) in [6.07, 6.45) is 1.10. The van der Waals surface area contributed by atoms with E-state index >= 15 is 0 Å². The molecule has 80 valence electrons. The molecule has 0 heterocycles. The van der Waals surface area contributed by atoms with Crippen LogP contribution in [0.1, 0.15) is 18.4 Å². The lowest BCUT2D eigenvalue weighted by Gasteiger charge is -2.04. The quantitative estimate of drug-likeness (QED) is 0.608. The molecule has 1 N–H and O–H groups in total. The number of methoxy groups -OCH3 is 1. The number of carbonyl (C=O) groups excluding carboxylic acids is 1. The summed E-state index contributed by atoms with van der Waals surface area (Å²) in [4.78, 5) is 10.7. The van der Waals surface area contributed by atoms with E-state index in [1.165, 1.54) is 7.11 Å². The molecule has 15 heavy (non-hydrogen) atoms. The van der Waals surface area contributed by atoms with Gasteiger partial charge in [0.25, 0.3) is 0 Å². The molecule has 1 aromatic rings. The summed E-state index contributed by atoms with van der Waals surface area (Å²) in [7, 11) is 1.30. The number of hydrogen-bond donors (Lipinski definition) is 1. The summed E-state index contributed by atoms with van der Waals surface area (Å²) in [5.41, 5.74) is 3.39. The summed E-state index contributed by atoms with van der Waals surface area (Å²) in [5, 5.41) is 3.77. The minimum Gasteiger partial charge on any atom is -0.452 e. The van der Waals surface area contributed by atoms with E-state index in [1.807, 2.05) is 37.3 Å². The lowest BCUT2D eigenvalue weighted by Crippen LogP contribution is -2.17. The third kappa shape index (κ3) is 3.81. The molecule has 0 aliphatic carbocycles. The maximum Gasteiger partial charge on any atom is 0.427 e. The number of nitrogens with zero attached hydrogens (tertiary/aromatic N) is 1. The molecule has 0 saturated carbocycles. The average Bonchev–Trinajstić information content (AvgIpc) is 2.29. The van der Waals surface area contributed by atoms with Gasteiger partial charge in [-0.1, -0.05) is 37.3 Å². The molecule has 1 atom stereocenters. The summed E-state index contributed by atoms with van der Waals surface area (Å²) >= 11 is 0. The second kappa shape index (κ2) is 5.80. The maximum absolute atomic E-state index is 10.7. The summed E-state index contributed by atoms with van der Waals surface area (Å²) in [6, 6.07) is 9.91. The van der Waals surface area contributed by atoms with Crippen molar-refractivity contribution in [3.8, 4) is 0 Å². The van der Waals surface area contributed by atoms with Crippen LogP contribution in [-0.4, -0.2) is 19.4 Å². The van der Waals surface area contributed by atoms with Crippen LogP contribution >= 0.6 is 0 Å². The minimum absolute atomic E-state index is 0.156. The average molecular weight is 206 g/mol. The molecule has 0 spiro atoms. The van der Waals surface area contributed by atoms with E-state index in [9.17, 15) is 4.79 Å². The Labute approximate surface area is 88.9 Å². The van der Waals surface area contributed by atoms with Crippen LogP contribution in [0.5, 0.6) is 0 Å². The highest BCUT2D eigenvalue weighted by atomic mass is 16.5. The third-order valence-electron chi connectivity index (χ3n) is 1.96. The number of hydrogen-bond acceptors (Lipinski definition) is 3. The topological polar surface area (TPSA) is 50.7 Å². The third-order valence-corrected chi connectivity index (χ3v) is 1.96. The second-order valence-corrected chi connectivity index (χ2v) is 3.08. The van der Waals surface area contributed by atoms with Crippen molar-refractivity contribution in [1.82, 2.24) is 5.43 Å². The molecule has 1 unspecified atom stereocenters. The zero-order chi connectivity index (χ0) is 11.1. The molecule has 0 saturated heterocycles. The van der Waals surface area contributed by atoms with Crippen molar-refractivity contribution >= 4 is 12.3 Å². The van der Waals surface area contributed by atoms with Crippen molar-refractivity contribution in [3.05, 3.63) is 35.9 Å². The minimum atomic E-state index is -0.563. The molecular formula is C11H14N2O2. The molecular weight excluding hydrogens is 192 g/mol. The van der Waals surface area contributed by atoms with E-state index in [4.69, 9.17) is 0 Å². The lowest BCUT2D eigenvalue weighted by molar-refractivity contribution is 0.171. The SMILES string of the molecule is COC(=O)NN=CC(C)c1ccccc1. The predicted octanol–water partition coefficient (Wildman–Crippen LogP) is 2.13. The van der Waals surface area contributed by atoms with E-state index in [2.05, 4.69) is 15.3 Å². The van der Waals surface area contributed by atoms with Gasteiger partial charge in [-0.25, -0.2) is 10.2 Å². The molecule has 1 aromatic carbocycles. The smallest absolute Gasteiger partial charge is 0.427 e. The van der Waals surface area contributed by atoms with Gasteiger partial charge in [0.2, 0.25) is 0 Å². The van der Waals surface area contributed by atoms with Crippen molar-refractivity contribution in [2.75, 3.05) is 7.11 Å². The van der Waals surface area contributed by atoms with E-state index in [1.54, 1.807) is 6.21 Å². The Morgan fingerprint density at radius 2 is 2.13 bits per heavy atom. The molecule has 1 rings (SSSR count). The van der Waals surface area contributed by atoms with Crippen molar-refractivity contribution < 1.29 is 9.53 Å². The van der Waals surface area contributed by atoms with Crippen molar-refractivity contribution in [2.45, 2.75) is 12.8 Å². The molecule has 0 bridgehead atoms. The van der Waals surface area contributed by atoms with Crippen LogP contribution in [0, 0.1) is 0 Å². The van der Waals surface area contributed by atoms with Gasteiger partial charge in [-0.3, -0.25) is 0 Å². The number of ether oxygens (including phenoxy) is 1. The molecule has 4 nitrogen and oxygen atoms in total. The summed E-state index contributed by atoms with van der Waals surface area (Å²) < 4.78 is 4.37. The van der Waals surface area contributed by atoms with Gasteiger partial charge in [-0.15, -0.1) is 0 Å². The largest absolute Gasteiger partial charge is 0.452 e. The highest BCUT2D eigenvalue weighted by Crippen LogP contribution is 2.11. The highest BCUT2D eigenvalue weighted by Gasteiger charge is 2.00. The Hall–Kier alpha value is -1.84. The number of nitrogens with one attached hydrogen (secondary N) is 1. The van der Waals surface area contributed by atoms with Crippen molar-refractivity contribution in [3.63, 3.8) is 0 Å².